The van der Waals surface area contributed by atoms with Crippen LogP contribution in [0.2, 0.25) is 0 Å². The standard InChI is InChI=1S/C22H22N4O3S/c1-13-4-7-19(29-3)16(10-13)17-12-30-21(24-17)25-20(27)15-5-6-18(14(2)11-15)26-9-8-23-22(26)28/h4-7,10-12H,8-9H2,1-3H3,(H,23,28)(H,24,25,27). The number of thiazole rings is 1. The Kier molecular flexibility index (Phi) is 5.41. The Labute approximate surface area is 178 Å². The van der Waals surface area contributed by atoms with Gasteiger partial charge in [0, 0.05) is 35.3 Å². The summed E-state index contributed by atoms with van der Waals surface area (Å²) in [6.45, 7) is 5.15. The van der Waals surface area contributed by atoms with Gasteiger partial charge in [-0.05, 0) is 49.7 Å². The summed E-state index contributed by atoms with van der Waals surface area (Å²) in [7, 11) is 1.63. The quantitative estimate of drug-likeness (QED) is 0.645. The highest BCUT2D eigenvalue weighted by molar-refractivity contribution is 7.14. The molecule has 0 unspecified atom stereocenters. The van der Waals surface area contributed by atoms with Gasteiger partial charge in [-0.25, -0.2) is 9.78 Å². The number of anilines is 2. The number of ether oxygens (including phenoxy) is 1. The molecule has 30 heavy (non-hydrogen) atoms. The summed E-state index contributed by atoms with van der Waals surface area (Å²) in [6, 6.07) is 11.1. The van der Waals surface area contributed by atoms with Gasteiger partial charge in [-0.2, -0.15) is 0 Å². The summed E-state index contributed by atoms with van der Waals surface area (Å²) in [5.41, 5.74) is 4.93. The molecule has 7 nitrogen and oxygen atoms in total. The molecule has 0 spiro atoms. The molecule has 0 saturated carbocycles. The van der Waals surface area contributed by atoms with E-state index in [2.05, 4.69) is 15.6 Å². The third-order valence-electron chi connectivity index (χ3n) is 4.96. The molecule has 2 heterocycles. The molecular weight excluding hydrogens is 400 g/mol. The molecule has 1 aromatic heterocycles. The molecule has 1 aliphatic rings. The summed E-state index contributed by atoms with van der Waals surface area (Å²) >= 11 is 1.36. The fourth-order valence-corrected chi connectivity index (χ4v) is 4.15. The third kappa shape index (κ3) is 3.86. The minimum Gasteiger partial charge on any atom is -0.496 e. The number of nitrogens with zero attached hydrogens (tertiary/aromatic N) is 2. The van der Waals surface area contributed by atoms with Crippen molar-refractivity contribution in [2.24, 2.45) is 0 Å². The van der Waals surface area contributed by atoms with Gasteiger partial charge in [-0.1, -0.05) is 11.6 Å². The lowest BCUT2D eigenvalue weighted by Crippen LogP contribution is -2.28. The van der Waals surface area contributed by atoms with Gasteiger partial charge in [0.05, 0.1) is 12.8 Å². The van der Waals surface area contributed by atoms with Crippen LogP contribution >= 0.6 is 11.3 Å². The highest BCUT2D eigenvalue weighted by atomic mass is 32.1. The Morgan fingerprint density at radius 2 is 2.07 bits per heavy atom. The van der Waals surface area contributed by atoms with Gasteiger partial charge in [0.2, 0.25) is 0 Å². The van der Waals surface area contributed by atoms with Crippen LogP contribution in [0.25, 0.3) is 11.3 Å². The monoisotopic (exact) mass is 422 g/mol. The van der Waals surface area contributed by atoms with Gasteiger partial charge in [0.25, 0.3) is 5.91 Å². The molecule has 1 saturated heterocycles. The van der Waals surface area contributed by atoms with Crippen molar-refractivity contribution in [3.05, 3.63) is 58.5 Å². The Morgan fingerprint density at radius 3 is 2.77 bits per heavy atom. The Balaban J connectivity index is 1.52. The molecule has 0 radical (unpaired) electrons. The van der Waals surface area contributed by atoms with E-state index in [0.29, 0.717) is 23.8 Å². The first-order valence-corrected chi connectivity index (χ1v) is 10.4. The minimum atomic E-state index is -0.243. The van der Waals surface area contributed by atoms with Gasteiger partial charge in [-0.15, -0.1) is 11.3 Å². The summed E-state index contributed by atoms with van der Waals surface area (Å²) < 4.78 is 5.43. The zero-order valence-corrected chi connectivity index (χ0v) is 17.8. The van der Waals surface area contributed by atoms with E-state index in [9.17, 15) is 9.59 Å². The molecular formula is C22H22N4O3S. The second-order valence-corrected chi connectivity index (χ2v) is 7.94. The SMILES string of the molecule is COc1ccc(C)cc1-c1csc(NC(=O)c2ccc(N3CCNC3=O)c(C)c2)n1. The summed E-state index contributed by atoms with van der Waals surface area (Å²) in [4.78, 5) is 30.9. The van der Waals surface area contributed by atoms with Crippen LogP contribution in [0, 0.1) is 13.8 Å². The van der Waals surface area contributed by atoms with Crippen LogP contribution in [-0.2, 0) is 0 Å². The first-order valence-electron chi connectivity index (χ1n) is 9.54. The molecule has 8 heteroatoms. The molecule has 3 amide bonds. The van der Waals surface area contributed by atoms with Crippen molar-refractivity contribution in [2.45, 2.75) is 13.8 Å². The summed E-state index contributed by atoms with van der Waals surface area (Å²) in [5, 5.41) is 8.05. The second-order valence-electron chi connectivity index (χ2n) is 7.08. The van der Waals surface area contributed by atoms with Crippen LogP contribution in [0.5, 0.6) is 5.75 Å². The predicted molar refractivity (Wildman–Crippen MR) is 119 cm³/mol. The van der Waals surface area contributed by atoms with E-state index in [1.165, 1.54) is 11.3 Å². The fraction of sp³-hybridized carbons (Fsp3) is 0.227. The Bertz CT molecular complexity index is 1130. The van der Waals surface area contributed by atoms with E-state index >= 15 is 0 Å². The number of hydrogen-bond acceptors (Lipinski definition) is 5. The van der Waals surface area contributed by atoms with Crippen LogP contribution in [0.1, 0.15) is 21.5 Å². The number of rotatable bonds is 5. The first-order chi connectivity index (χ1) is 14.5. The Hall–Kier alpha value is -3.39. The van der Waals surface area contributed by atoms with Gasteiger partial charge in [0.15, 0.2) is 5.13 Å². The number of aromatic nitrogens is 1. The molecule has 1 aliphatic heterocycles. The van der Waals surface area contributed by atoms with E-state index in [-0.39, 0.29) is 11.9 Å². The maximum absolute atomic E-state index is 12.7. The van der Waals surface area contributed by atoms with Gasteiger partial charge in [0.1, 0.15) is 5.75 Å². The Morgan fingerprint density at radius 1 is 1.23 bits per heavy atom. The molecule has 0 atom stereocenters. The highest BCUT2D eigenvalue weighted by Crippen LogP contribution is 2.33. The van der Waals surface area contributed by atoms with Crippen molar-refractivity contribution in [3.63, 3.8) is 0 Å². The minimum absolute atomic E-state index is 0.114. The van der Waals surface area contributed by atoms with Crippen LogP contribution in [-0.4, -0.2) is 37.1 Å². The number of urea groups is 1. The van der Waals surface area contributed by atoms with Crippen molar-refractivity contribution in [1.29, 1.82) is 0 Å². The van der Waals surface area contributed by atoms with E-state index in [4.69, 9.17) is 4.74 Å². The van der Waals surface area contributed by atoms with Crippen LogP contribution in [0.3, 0.4) is 0 Å². The summed E-state index contributed by atoms with van der Waals surface area (Å²) in [6.07, 6.45) is 0. The van der Waals surface area contributed by atoms with Crippen LogP contribution < -0.4 is 20.3 Å². The molecule has 2 N–H and O–H groups in total. The zero-order valence-electron chi connectivity index (χ0n) is 17.0. The van der Waals surface area contributed by atoms with Gasteiger partial charge < -0.3 is 10.1 Å². The van der Waals surface area contributed by atoms with Crippen molar-refractivity contribution < 1.29 is 14.3 Å². The number of nitrogens with one attached hydrogen (secondary N) is 2. The normalized spacial score (nSPS) is 13.3. The fourth-order valence-electron chi connectivity index (χ4n) is 3.45. The van der Waals surface area contributed by atoms with E-state index < -0.39 is 0 Å². The lowest BCUT2D eigenvalue weighted by molar-refractivity contribution is 0.102. The van der Waals surface area contributed by atoms with Crippen molar-refractivity contribution >= 4 is 34.1 Å². The number of methoxy groups -OCH3 is 1. The molecule has 0 aliphatic carbocycles. The van der Waals surface area contributed by atoms with Crippen molar-refractivity contribution in [3.8, 4) is 17.0 Å². The van der Waals surface area contributed by atoms with E-state index in [1.54, 1.807) is 30.2 Å². The lowest BCUT2D eigenvalue weighted by atomic mass is 10.1. The molecule has 154 valence electrons. The first kappa shape index (κ1) is 19.9. The third-order valence-corrected chi connectivity index (χ3v) is 5.72. The molecule has 1 fully saturated rings. The molecule has 3 aromatic rings. The van der Waals surface area contributed by atoms with Crippen molar-refractivity contribution in [2.75, 3.05) is 30.4 Å². The van der Waals surface area contributed by atoms with Crippen LogP contribution in [0.4, 0.5) is 15.6 Å². The average Bonchev–Trinajstić information content (AvgIpc) is 3.37. The number of carbonyl (C=O) groups is 2. The van der Waals surface area contributed by atoms with Gasteiger partial charge in [-0.3, -0.25) is 15.0 Å². The number of carbonyl (C=O) groups excluding carboxylic acids is 2. The van der Waals surface area contributed by atoms with Crippen LogP contribution in [0.15, 0.2) is 41.8 Å². The largest absolute Gasteiger partial charge is 0.496 e. The lowest BCUT2D eigenvalue weighted by Gasteiger charge is -2.17. The van der Waals surface area contributed by atoms with Gasteiger partial charge >= 0.3 is 6.03 Å². The zero-order chi connectivity index (χ0) is 21.3. The van der Waals surface area contributed by atoms with E-state index in [0.717, 1.165) is 33.8 Å². The molecule has 4 rings (SSSR count). The number of benzene rings is 2. The summed E-state index contributed by atoms with van der Waals surface area (Å²) in [5.74, 6) is 0.494. The highest BCUT2D eigenvalue weighted by Gasteiger charge is 2.23. The second kappa shape index (κ2) is 8.16. The van der Waals surface area contributed by atoms with E-state index in [1.807, 2.05) is 37.4 Å². The molecule has 0 bridgehead atoms. The van der Waals surface area contributed by atoms with Crippen molar-refractivity contribution in [1.82, 2.24) is 10.3 Å². The number of hydrogen-bond donors (Lipinski definition) is 2. The number of aryl methyl sites for hydroxylation is 2. The average molecular weight is 423 g/mol. The molecule has 2 aromatic carbocycles. The topological polar surface area (TPSA) is 83.6 Å². The maximum atomic E-state index is 12.7. The number of amides is 3. The predicted octanol–water partition coefficient (Wildman–Crippen LogP) is 4.22. The maximum Gasteiger partial charge on any atom is 0.322 e. The smallest absolute Gasteiger partial charge is 0.322 e.